The molecule has 10 heteroatoms. The summed E-state index contributed by atoms with van der Waals surface area (Å²) in [6.07, 6.45) is 8.48. The zero-order valence-corrected chi connectivity index (χ0v) is 19.1. The normalized spacial score (nSPS) is 12.1. The first kappa shape index (κ1) is 22.8. The highest BCUT2D eigenvalue weighted by molar-refractivity contribution is 6.36. The third-order valence-corrected chi connectivity index (χ3v) is 5.67. The molecule has 0 aliphatic carbocycles. The third-order valence-electron chi connectivity index (χ3n) is 4.66. The maximum absolute atomic E-state index is 6.60. The van der Waals surface area contributed by atoms with E-state index in [2.05, 4.69) is 15.1 Å². The second-order valence-corrected chi connectivity index (χ2v) is 7.74. The topological polar surface area (TPSA) is 57.8 Å². The molecule has 3 aromatic heterocycles. The van der Waals surface area contributed by atoms with E-state index in [1.807, 2.05) is 23.8 Å². The summed E-state index contributed by atoms with van der Waals surface area (Å²) >= 11 is 19.1. The standard InChI is InChI=1S/C20H18Cl3N5O.ClH/c1-2-28-20-16(9-26-28)19(23)13(8-25-20)11-29-18(10-27-6-5-24-12-27)15-4-3-14(21)7-17(15)22;/h3-9,12,18H,2,10-11H2,1H3;1H. The number of ether oxygens (including phenoxy) is 1. The Morgan fingerprint density at radius 3 is 2.70 bits per heavy atom. The van der Waals surface area contributed by atoms with Gasteiger partial charge in [-0.15, -0.1) is 12.4 Å². The van der Waals surface area contributed by atoms with Gasteiger partial charge >= 0.3 is 0 Å². The van der Waals surface area contributed by atoms with Crippen LogP contribution in [-0.4, -0.2) is 24.3 Å². The van der Waals surface area contributed by atoms with Gasteiger partial charge in [0.15, 0.2) is 5.65 Å². The van der Waals surface area contributed by atoms with Gasteiger partial charge < -0.3 is 9.30 Å². The van der Waals surface area contributed by atoms with E-state index >= 15 is 0 Å². The van der Waals surface area contributed by atoms with Crippen molar-refractivity contribution in [2.24, 2.45) is 0 Å². The lowest BCUT2D eigenvalue weighted by molar-refractivity contribution is 0.0280. The maximum atomic E-state index is 6.60. The van der Waals surface area contributed by atoms with Crippen LogP contribution in [-0.2, 0) is 24.4 Å². The van der Waals surface area contributed by atoms with Gasteiger partial charge in [-0.3, -0.25) is 0 Å². The number of aromatic nitrogens is 5. The van der Waals surface area contributed by atoms with Crippen LogP contribution in [0.3, 0.4) is 0 Å². The zero-order chi connectivity index (χ0) is 20.4. The van der Waals surface area contributed by atoms with Crippen molar-refractivity contribution < 1.29 is 4.74 Å². The SMILES string of the molecule is CCn1ncc2c(Cl)c(COC(Cn3ccnc3)c3ccc(Cl)cc3Cl)cnc21.Cl. The predicted molar refractivity (Wildman–Crippen MR) is 122 cm³/mol. The first-order valence-electron chi connectivity index (χ1n) is 9.08. The Balaban J connectivity index is 0.00000256. The smallest absolute Gasteiger partial charge is 0.159 e. The molecule has 0 aliphatic heterocycles. The zero-order valence-electron chi connectivity index (χ0n) is 16.0. The Morgan fingerprint density at radius 2 is 2.00 bits per heavy atom. The lowest BCUT2D eigenvalue weighted by Gasteiger charge is -2.20. The summed E-state index contributed by atoms with van der Waals surface area (Å²) < 4.78 is 9.98. The van der Waals surface area contributed by atoms with Crippen molar-refractivity contribution in [1.82, 2.24) is 24.3 Å². The Hall–Kier alpha value is -1.83. The van der Waals surface area contributed by atoms with Crippen molar-refractivity contribution in [1.29, 1.82) is 0 Å². The minimum absolute atomic E-state index is 0. The Bertz CT molecular complexity index is 1130. The number of benzene rings is 1. The molecule has 6 nitrogen and oxygen atoms in total. The van der Waals surface area contributed by atoms with Crippen molar-refractivity contribution in [3.63, 3.8) is 0 Å². The van der Waals surface area contributed by atoms with Gasteiger partial charge in [-0.1, -0.05) is 40.9 Å². The summed E-state index contributed by atoms with van der Waals surface area (Å²) in [5, 5.41) is 6.85. The summed E-state index contributed by atoms with van der Waals surface area (Å²) in [6, 6.07) is 5.38. The summed E-state index contributed by atoms with van der Waals surface area (Å²) in [7, 11) is 0. The predicted octanol–water partition coefficient (Wildman–Crippen LogP) is 5.99. The monoisotopic (exact) mass is 485 g/mol. The molecule has 0 amide bonds. The lowest BCUT2D eigenvalue weighted by atomic mass is 10.1. The van der Waals surface area contributed by atoms with E-state index in [1.165, 1.54) is 0 Å². The van der Waals surface area contributed by atoms with Gasteiger partial charge in [-0.25, -0.2) is 14.6 Å². The minimum Gasteiger partial charge on any atom is -0.367 e. The molecule has 0 bridgehead atoms. The highest BCUT2D eigenvalue weighted by Crippen LogP contribution is 2.32. The van der Waals surface area contributed by atoms with E-state index in [4.69, 9.17) is 39.5 Å². The molecule has 30 heavy (non-hydrogen) atoms. The number of hydrogen-bond acceptors (Lipinski definition) is 4. The average Bonchev–Trinajstić information content (AvgIpc) is 3.36. The quantitative estimate of drug-likeness (QED) is 0.322. The van der Waals surface area contributed by atoms with Crippen LogP contribution in [0, 0.1) is 0 Å². The second-order valence-electron chi connectivity index (χ2n) is 6.52. The van der Waals surface area contributed by atoms with Crippen LogP contribution in [0.1, 0.15) is 24.2 Å². The molecule has 0 radical (unpaired) electrons. The fraction of sp³-hybridized carbons (Fsp3) is 0.250. The first-order chi connectivity index (χ1) is 14.1. The Morgan fingerprint density at radius 1 is 1.17 bits per heavy atom. The van der Waals surface area contributed by atoms with Crippen molar-refractivity contribution in [3.8, 4) is 0 Å². The van der Waals surface area contributed by atoms with E-state index in [-0.39, 0.29) is 25.1 Å². The van der Waals surface area contributed by atoms with E-state index in [0.29, 0.717) is 21.6 Å². The van der Waals surface area contributed by atoms with E-state index < -0.39 is 0 Å². The van der Waals surface area contributed by atoms with E-state index in [9.17, 15) is 0 Å². The summed E-state index contributed by atoms with van der Waals surface area (Å²) in [5.41, 5.74) is 2.39. The van der Waals surface area contributed by atoms with Crippen molar-refractivity contribution >= 4 is 58.2 Å². The molecule has 158 valence electrons. The molecule has 3 heterocycles. The molecule has 1 aromatic carbocycles. The molecule has 0 saturated heterocycles. The number of pyridine rings is 1. The van der Waals surface area contributed by atoms with Crippen LogP contribution < -0.4 is 0 Å². The highest BCUT2D eigenvalue weighted by atomic mass is 35.5. The largest absolute Gasteiger partial charge is 0.367 e. The molecule has 1 unspecified atom stereocenters. The lowest BCUT2D eigenvalue weighted by Crippen LogP contribution is -2.13. The second kappa shape index (κ2) is 9.98. The summed E-state index contributed by atoms with van der Waals surface area (Å²) in [6.45, 7) is 3.56. The summed E-state index contributed by atoms with van der Waals surface area (Å²) in [5.74, 6) is 0. The number of rotatable bonds is 7. The van der Waals surface area contributed by atoms with Crippen LogP contribution in [0.4, 0.5) is 0 Å². The molecule has 0 N–H and O–H groups in total. The molecule has 4 aromatic rings. The Kier molecular flexibility index (Phi) is 7.60. The van der Waals surface area contributed by atoms with Gasteiger partial charge in [0.25, 0.3) is 0 Å². The third kappa shape index (κ3) is 4.74. The van der Waals surface area contributed by atoms with Crippen LogP contribution >= 0.6 is 47.2 Å². The molecule has 4 rings (SSSR count). The van der Waals surface area contributed by atoms with Crippen LogP contribution in [0.25, 0.3) is 11.0 Å². The van der Waals surface area contributed by atoms with Gasteiger partial charge in [0.1, 0.15) is 6.10 Å². The number of imidazole rings is 1. The fourth-order valence-electron chi connectivity index (χ4n) is 3.15. The summed E-state index contributed by atoms with van der Waals surface area (Å²) in [4.78, 5) is 8.60. The molecule has 0 fully saturated rings. The van der Waals surface area contributed by atoms with Crippen LogP contribution in [0.2, 0.25) is 15.1 Å². The molecule has 1 atom stereocenters. The van der Waals surface area contributed by atoms with Crippen LogP contribution in [0.15, 0.2) is 49.3 Å². The van der Waals surface area contributed by atoms with Gasteiger partial charge in [-0.2, -0.15) is 5.10 Å². The molecule has 0 spiro atoms. The number of fused-ring (bicyclic) bond motifs is 1. The van der Waals surface area contributed by atoms with Crippen molar-refractivity contribution in [2.75, 3.05) is 0 Å². The van der Waals surface area contributed by atoms with Gasteiger partial charge in [0, 0.05) is 46.3 Å². The molecular weight excluding hydrogens is 468 g/mol. The molecule has 0 aliphatic rings. The van der Waals surface area contributed by atoms with E-state index in [0.717, 1.165) is 28.7 Å². The molecular formula is C20H19Cl4N5O. The van der Waals surface area contributed by atoms with Crippen LogP contribution in [0.5, 0.6) is 0 Å². The fourth-order valence-corrected chi connectivity index (χ4v) is 3.92. The highest BCUT2D eigenvalue weighted by Gasteiger charge is 2.19. The van der Waals surface area contributed by atoms with E-state index in [1.54, 1.807) is 41.7 Å². The number of nitrogens with zero attached hydrogens (tertiary/aromatic N) is 5. The van der Waals surface area contributed by atoms with Gasteiger partial charge in [0.05, 0.1) is 36.1 Å². The minimum atomic E-state index is -0.320. The first-order valence-corrected chi connectivity index (χ1v) is 10.2. The van der Waals surface area contributed by atoms with Crippen molar-refractivity contribution in [3.05, 3.63) is 75.5 Å². The van der Waals surface area contributed by atoms with Gasteiger partial charge in [-0.05, 0) is 19.1 Å². The van der Waals surface area contributed by atoms with Crippen molar-refractivity contribution in [2.45, 2.75) is 32.7 Å². The number of aryl methyl sites for hydroxylation is 1. The Labute approximate surface area is 195 Å². The van der Waals surface area contributed by atoms with Gasteiger partial charge in [0.2, 0.25) is 0 Å². The number of hydrogen-bond donors (Lipinski definition) is 0. The average molecular weight is 487 g/mol. The maximum Gasteiger partial charge on any atom is 0.159 e. The number of halogens is 4. The molecule has 0 saturated carbocycles.